The molecule has 1 unspecified atom stereocenters. The van der Waals surface area contributed by atoms with Gasteiger partial charge in [-0.05, 0) is 49.3 Å². The molecule has 0 radical (unpaired) electrons. The lowest BCUT2D eigenvalue weighted by atomic mass is 9.80. The Morgan fingerprint density at radius 2 is 2.19 bits per heavy atom. The van der Waals surface area contributed by atoms with Gasteiger partial charge in [-0.2, -0.15) is 4.37 Å². The quantitative estimate of drug-likeness (QED) is 0.868. The fourth-order valence-electron chi connectivity index (χ4n) is 2.26. The molecular formula is C13H16N2S. The zero-order valence-corrected chi connectivity index (χ0v) is 10.3. The minimum Gasteiger partial charge on any atom is -0.372 e. The summed E-state index contributed by atoms with van der Waals surface area (Å²) in [5, 5.41) is 6.12. The van der Waals surface area contributed by atoms with Crippen LogP contribution < -0.4 is 5.32 Å². The fraction of sp³-hybridized carbons (Fsp3) is 0.462. The van der Waals surface area contributed by atoms with Gasteiger partial charge in [-0.25, -0.2) is 0 Å². The van der Waals surface area contributed by atoms with E-state index in [4.69, 9.17) is 0 Å². The van der Waals surface area contributed by atoms with Crippen LogP contribution in [-0.2, 0) is 0 Å². The van der Waals surface area contributed by atoms with Gasteiger partial charge < -0.3 is 5.32 Å². The summed E-state index contributed by atoms with van der Waals surface area (Å²) in [5.41, 5.74) is 1.11. The van der Waals surface area contributed by atoms with E-state index >= 15 is 0 Å². The van der Waals surface area contributed by atoms with Crippen LogP contribution in [0.3, 0.4) is 0 Å². The van der Waals surface area contributed by atoms with Crippen molar-refractivity contribution in [2.75, 3.05) is 5.32 Å². The number of aromatic nitrogens is 1. The van der Waals surface area contributed by atoms with Crippen molar-refractivity contribution in [2.24, 2.45) is 5.92 Å². The van der Waals surface area contributed by atoms with Gasteiger partial charge in [0.15, 0.2) is 0 Å². The van der Waals surface area contributed by atoms with Gasteiger partial charge in [0.25, 0.3) is 0 Å². The van der Waals surface area contributed by atoms with Crippen LogP contribution in [0, 0.1) is 5.92 Å². The Morgan fingerprint density at radius 3 is 2.94 bits per heavy atom. The number of nitrogens with zero attached hydrogens (tertiary/aromatic N) is 1. The molecule has 3 rings (SSSR count). The Labute approximate surface area is 99.8 Å². The molecule has 1 saturated carbocycles. The largest absolute Gasteiger partial charge is 0.372 e. The van der Waals surface area contributed by atoms with Crippen LogP contribution in [0.2, 0.25) is 0 Å². The summed E-state index contributed by atoms with van der Waals surface area (Å²) in [7, 11) is 0. The molecular weight excluding hydrogens is 216 g/mol. The molecule has 0 spiro atoms. The van der Waals surface area contributed by atoms with E-state index < -0.39 is 0 Å². The molecule has 16 heavy (non-hydrogen) atoms. The molecule has 1 aliphatic carbocycles. The van der Waals surface area contributed by atoms with Crippen LogP contribution in [-0.4, -0.2) is 10.4 Å². The van der Waals surface area contributed by atoms with Crippen LogP contribution in [0.25, 0.3) is 10.9 Å². The van der Waals surface area contributed by atoms with E-state index in [1.165, 1.54) is 29.6 Å². The second-order valence-electron chi connectivity index (χ2n) is 4.65. The van der Waals surface area contributed by atoms with Crippen molar-refractivity contribution >= 4 is 27.4 Å². The maximum atomic E-state index is 4.45. The van der Waals surface area contributed by atoms with Crippen molar-refractivity contribution in [3.05, 3.63) is 24.3 Å². The second kappa shape index (κ2) is 4.06. The normalized spacial score (nSPS) is 18.3. The number of hydrogen-bond donors (Lipinski definition) is 1. The molecule has 1 aromatic carbocycles. The van der Waals surface area contributed by atoms with Gasteiger partial charge in [0.05, 0.1) is 5.52 Å². The summed E-state index contributed by atoms with van der Waals surface area (Å²) in [4.78, 5) is 0. The van der Waals surface area contributed by atoms with Gasteiger partial charge in [-0.15, -0.1) is 0 Å². The maximum Gasteiger partial charge on any atom is 0.117 e. The first-order chi connectivity index (χ1) is 7.84. The van der Waals surface area contributed by atoms with E-state index in [1.54, 1.807) is 11.5 Å². The lowest BCUT2D eigenvalue weighted by molar-refractivity contribution is 0.285. The Balaban J connectivity index is 1.83. The Hall–Kier alpha value is -1.09. The van der Waals surface area contributed by atoms with E-state index in [9.17, 15) is 0 Å². The topological polar surface area (TPSA) is 24.9 Å². The standard InChI is InChI=1S/C13H16N2S/c1-9(10-5-4-6-10)14-13-11-7-2-3-8-12(11)15-16-13/h2-3,7-10,14H,4-6H2,1H3. The number of rotatable bonds is 3. The fourth-order valence-corrected chi connectivity index (χ4v) is 3.12. The molecule has 0 bridgehead atoms. The smallest absolute Gasteiger partial charge is 0.117 e. The van der Waals surface area contributed by atoms with Crippen molar-refractivity contribution < 1.29 is 0 Å². The zero-order chi connectivity index (χ0) is 11.0. The molecule has 1 aliphatic rings. The minimum absolute atomic E-state index is 0.581. The number of nitrogens with one attached hydrogen (secondary N) is 1. The van der Waals surface area contributed by atoms with Gasteiger partial charge in [0, 0.05) is 11.4 Å². The van der Waals surface area contributed by atoms with Crippen LogP contribution in [0.4, 0.5) is 5.00 Å². The highest BCUT2D eigenvalue weighted by Crippen LogP contribution is 2.34. The lowest BCUT2D eigenvalue weighted by Gasteiger charge is -2.32. The molecule has 3 heteroatoms. The number of fused-ring (bicyclic) bond motifs is 1. The molecule has 1 heterocycles. The number of hydrogen-bond acceptors (Lipinski definition) is 3. The highest BCUT2D eigenvalue weighted by Gasteiger charge is 2.24. The predicted octanol–water partition coefficient (Wildman–Crippen LogP) is 3.90. The third-order valence-electron chi connectivity index (χ3n) is 3.60. The van der Waals surface area contributed by atoms with E-state index in [0.717, 1.165) is 11.4 Å². The van der Waals surface area contributed by atoms with Crippen molar-refractivity contribution in [3.8, 4) is 0 Å². The van der Waals surface area contributed by atoms with E-state index in [0.29, 0.717) is 6.04 Å². The van der Waals surface area contributed by atoms with Crippen molar-refractivity contribution in [1.82, 2.24) is 4.37 Å². The minimum atomic E-state index is 0.581. The van der Waals surface area contributed by atoms with Gasteiger partial charge in [-0.3, -0.25) is 0 Å². The molecule has 0 aliphatic heterocycles. The van der Waals surface area contributed by atoms with E-state index in [1.807, 2.05) is 6.07 Å². The number of benzene rings is 1. The summed E-state index contributed by atoms with van der Waals surface area (Å²) in [6.45, 7) is 2.29. The maximum absolute atomic E-state index is 4.45. The molecule has 1 aromatic heterocycles. The molecule has 2 aromatic rings. The van der Waals surface area contributed by atoms with Crippen molar-refractivity contribution in [3.63, 3.8) is 0 Å². The Kier molecular flexibility index (Phi) is 2.56. The Morgan fingerprint density at radius 1 is 1.38 bits per heavy atom. The number of anilines is 1. The van der Waals surface area contributed by atoms with Crippen LogP contribution in [0.1, 0.15) is 26.2 Å². The van der Waals surface area contributed by atoms with Crippen molar-refractivity contribution in [2.45, 2.75) is 32.2 Å². The molecule has 84 valence electrons. The Bertz CT molecular complexity index is 487. The highest BCUT2D eigenvalue weighted by atomic mass is 32.1. The van der Waals surface area contributed by atoms with Crippen LogP contribution in [0.5, 0.6) is 0 Å². The SMILES string of the molecule is CC(Nc1snc2ccccc12)C1CCC1. The lowest BCUT2D eigenvalue weighted by Crippen LogP contribution is -2.30. The molecule has 1 N–H and O–H groups in total. The predicted molar refractivity (Wildman–Crippen MR) is 70.0 cm³/mol. The first kappa shape index (κ1) is 10.1. The average molecular weight is 232 g/mol. The van der Waals surface area contributed by atoms with Gasteiger partial charge in [-0.1, -0.05) is 18.6 Å². The first-order valence-corrected chi connectivity index (χ1v) is 6.73. The summed E-state index contributed by atoms with van der Waals surface area (Å²) >= 11 is 1.58. The second-order valence-corrected chi connectivity index (χ2v) is 5.43. The molecule has 0 amide bonds. The van der Waals surface area contributed by atoms with Crippen molar-refractivity contribution in [1.29, 1.82) is 0 Å². The van der Waals surface area contributed by atoms with Crippen LogP contribution >= 0.6 is 11.5 Å². The zero-order valence-electron chi connectivity index (χ0n) is 9.44. The molecule has 2 nitrogen and oxygen atoms in total. The van der Waals surface area contributed by atoms with E-state index in [-0.39, 0.29) is 0 Å². The highest BCUT2D eigenvalue weighted by molar-refractivity contribution is 7.11. The van der Waals surface area contributed by atoms with Gasteiger partial charge in [0.2, 0.25) is 0 Å². The summed E-state index contributed by atoms with van der Waals surface area (Å²) in [6, 6.07) is 8.93. The van der Waals surface area contributed by atoms with Gasteiger partial charge in [0.1, 0.15) is 5.00 Å². The molecule has 1 atom stereocenters. The third-order valence-corrected chi connectivity index (χ3v) is 4.41. The summed E-state index contributed by atoms with van der Waals surface area (Å²) in [6.07, 6.45) is 4.16. The average Bonchev–Trinajstić information content (AvgIpc) is 2.59. The summed E-state index contributed by atoms with van der Waals surface area (Å²) in [5.74, 6) is 0.862. The molecule has 0 saturated heterocycles. The summed E-state index contributed by atoms with van der Waals surface area (Å²) < 4.78 is 4.45. The first-order valence-electron chi connectivity index (χ1n) is 5.95. The van der Waals surface area contributed by atoms with Gasteiger partial charge >= 0.3 is 0 Å². The third kappa shape index (κ3) is 1.69. The molecule has 1 fully saturated rings. The van der Waals surface area contributed by atoms with Crippen LogP contribution in [0.15, 0.2) is 24.3 Å². The van der Waals surface area contributed by atoms with E-state index in [2.05, 4.69) is 34.8 Å². The monoisotopic (exact) mass is 232 g/mol.